The lowest BCUT2D eigenvalue weighted by Crippen LogP contribution is -2.55. The molecule has 1 spiro atoms. The summed E-state index contributed by atoms with van der Waals surface area (Å²) in [6, 6.07) is 18.6. The van der Waals surface area contributed by atoms with Crippen LogP contribution in [-0.4, -0.2) is 122 Å². The number of halogens is 1. The van der Waals surface area contributed by atoms with E-state index < -0.39 is 29.7 Å². The Bertz CT molecular complexity index is 2220. The van der Waals surface area contributed by atoms with Crippen LogP contribution >= 0.6 is 11.6 Å². The third kappa shape index (κ3) is 6.96. The standard InChI is InChI=1S/C44H47ClN8O5/c1-28-23-44(27-52(28)33-8-10-37(46-2)36(45)22-33)13-15-49(16-14-44)31-5-3-30(4-6-31)41(56)50-19-17-48(18-20-50)24-29-25-51(26-29)32-7-9-34-35(21-32)43(58)53(42(34)57)38-11-12-39(54)47-40(38)55/h3-10,21-22,28-29,38H,11-20,23-27H2,1H3,(H,47,54,55)/t28-,38?/m0/s1. The van der Waals surface area contributed by atoms with Gasteiger partial charge in [0.25, 0.3) is 17.7 Å². The number of amides is 5. The van der Waals surface area contributed by atoms with Gasteiger partial charge in [0, 0.05) is 111 Å². The number of piperidine rings is 2. The maximum atomic E-state index is 13.5. The van der Waals surface area contributed by atoms with Crippen LogP contribution in [0, 0.1) is 17.9 Å². The zero-order chi connectivity index (χ0) is 40.3. The fraction of sp³-hybridized carbons (Fsp3) is 0.455. The lowest BCUT2D eigenvalue weighted by molar-refractivity contribution is -0.136. The molecule has 58 heavy (non-hydrogen) atoms. The Kier molecular flexibility index (Phi) is 9.88. The molecular formula is C44H47ClN8O5. The number of nitrogens with zero attached hydrogens (tertiary/aromatic N) is 7. The largest absolute Gasteiger partial charge is 0.371 e. The summed E-state index contributed by atoms with van der Waals surface area (Å²) in [6.45, 7) is 18.1. The highest BCUT2D eigenvalue weighted by atomic mass is 35.5. The highest BCUT2D eigenvalue weighted by Gasteiger charge is 2.46. The van der Waals surface area contributed by atoms with Crippen LogP contribution in [0.5, 0.6) is 0 Å². The molecule has 5 saturated heterocycles. The second kappa shape index (κ2) is 15.1. The van der Waals surface area contributed by atoms with Crippen LogP contribution in [0.3, 0.4) is 0 Å². The maximum absolute atomic E-state index is 13.5. The monoisotopic (exact) mass is 802 g/mol. The topological polar surface area (TPSA) is 121 Å². The average molecular weight is 803 g/mol. The SMILES string of the molecule is [C-]#[N+]c1ccc(N2CC3(CCN(c4ccc(C(=O)N5CCN(CC6CN(c7ccc8c(c7)C(=O)N(C7CCC(=O)NC7=O)C8=O)C6)CC5)cc4)CC3)C[C@@H]2C)cc1Cl. The van der Waals surface area contributed by atoms with Crippen molar-refractivity contribution in [2.75, 3.05) is 80.1 Å². The number of carbonyl (C=O) groups excluding carboxylic acids is 5. The molecule has 6 heterocycles. The van der Waals surface area contributed by atoms with Gasteiger partial charge in [0.15, 0.2) is 0 Å². The number of fused-ring (bicyclic) bond motifs is 1. The quantitative estimate of drug-likeness (QED) is 0.258. The fourth-order valence-corrected chi connectivity index (χ4v) is 10.3. The highest BCUT2D eigenvalue weighted by Crippen LogP contribution is 2.46. The van der Waals surface area contributed by atoms with Crippen molar-refractivity contribution in [3.8, 4) is 0 Å². The van der Waals surface area contributed by atoms with Gasteiger partial charge in [-0.05, 0) is 92.6 Å². The number of carbonyl (C=O) groups is 5. The predicted octanol–water partition coefficient (Wildman–Crippen LogP) is 5.07. The summed E-state index contributed by atoms with van der Waals surface area (Å²) in [7, 11) is 0. The zero-order valence-electron chi connectivity index (χ0n) is 32.7. The van der Waals surface area contributed by atoms with E-state index in [0.717, 1.165) is 99.1 Å². The first-order valence-electron chi connectivity index (χ1n) is 20.4. The minimum Gasteiger partial charge on any atom is -0.371 e. The Hall–Kier alpha value is -5.45. The molecule has 300 valence electrons. The number of anilines is 3. The summed E-state index contributed by atoms with van der Waals surface area (Å²) in [5, 5.41) is 2.75. The molecule has 3 aromatic carbocycles. The van der Waals surface area contributed by atoms with E-state index >= 15 is 0 Å². The van der Waals surface area contributed by atoms with Crippen LogP contribution in [0.4, 0.5) is 22.7 Å². The van der Waals surface area contributed by atoms with Crippen molar-refractivity contribution >= 4 is 63.9 Å². The third-order valence-corrected chi connectivity index (χ3v) is 13.7. The van der Waals surface area contributed by atoms with Gasteiger partial charge in [-0.25, -0.2) is 4.85 Å². The molecule has 5 fully saturated rings. The van der Waals surface area contributed by atoms with Gasteiger partial charge in [0.2, 0.25) is 17.5 Å². The number of hydrogen-bond donors (Lipinski definition) is 1. The number of piperazine rings is 1. The van der Waals surface area contributed by atoms with Gasteiger partial charge in [-0.3, -0.25) is 39.1 Å². The number of hydrogen-bond acceptors (Lipinski definition) is 9. The van der Waals surface area contributed by atoms with Crippen molar-refractivity contribution < 1.29 is 24.0 Å². The van der Waals surface area contributed by atoms with Crippen molar-refractivity contribution in [3.05, 3.63) is 93.8 Å². The zero-order valence-corrected chi connectivity index (χ0v) is 33.4. The van der Waals surface area contributed by atoms with Gasteiger partial charge in [-0.1, -0.05) is 17.7 Å². The maximum Gasteiger partial charge on any atom is 0.262 e. The summed E-state index contributed by atoms with van der Waals surface area (Å²) < 4.78 is 0. The molecule has 2 atom stereocenters. The van der Waals surface area contributed by atoms with Crippen molar-refractivity contribution in [2.24, 2.45) is 11.3 Å². The molecule has 6 aliphatic heterocycles. The van der Waals surface area contributed by atoms with Crippen LogP contribution in [0.25, 0.3) is 4.85 Å². The van der Waals surface area contributed by atoms with Gasteiger partial charge in [-0.2, -0.15) is 0 Å². The number of nitrogens with one attached hydrogen (secondary N) is 1. The normalized spacial score (nSPS) is 23.6. The van der Waals surface area contributed by atoms with Gasteiger partial charge >= 0.3 is 0 Å². The van der Waals surface area contributed by atoms with Crippen LogP contribution in [0.15, 0.2) is 60.7 Å². The summed E-state index contributed by atoms with van der Waals surface area (Å²) in [6.07, 6.45) is 3.58. The molecule has 9 rings (SSSR count). The second-order valence-corrected chi connectivity index (χ2v) is 17.4. The number of rotatable bonds is 7. The van der Waals surface area contributed by atoms with E-state index in [1.54, 1.807) is 12.1 Å². The molecule has 6 aliphatic rings. The Balaban J connectivity index is 0.721. The van der Waals surface area contributed by atoms with Crippen LogP contribution < -0.4 is 20.0 Å². The van der Waals surface area contributed by atoms with Gasteiger partial charge in [-0.15, -0.1) is 0 Å². The molecule has 0 radical (unpaired) electrons. The predicted molar refractivity (Wildman–Crippen MR) is 221 cm³/mol. The molecule has 0 aromatic heterocycles. The fourth-order valence-electron chi connectivity index (χ4n) is 10.1. The molecule has 3 aromatic rings. The highest BCUT2D eigenvalue weighted by molar-refractivity contribution is 6.33. The molecule has 0 bridgehead atoms. The summed E-state index contributed by atoms with van der Waals surface area (Å²) in [4.78, 5) is 79.9. The lowest BCUT2D eigenvalue weighted by Gasteiger charge is -2.45. The first-order chi connectivity index (χ1) is 28.0. The Labute approximate surface area is 343 Å². The third-order valence-electron chi connectivity index (χ3n) is 13.4. The second-order valence-electron chi connectivity index (χ2n) is 17.0. The van der Waals surface area contributed by atoms with E-state index in [2.05, 4.69) is 48.8 Å². The summed E-state index contributed by atoms with van der Waals surface area (Å²) >= 11 is 6.38. The van der Waals surface area contributed by atoms with E-state index in [9.17, 15) is 24.0 Å². The summed E-state index contributed by atoms with van der Waals surface area (Å²) in [5.74, 6) is -1.47. The van der Waals surface area contributed by atoms with E-state index in [1.807, 2.05) is 41.3 Å². The molecule has 1 unspecified atom stereocenters. The van der Waals surface area contributed by atoms with Crippen molar-refractivity contribution in [1.29, 1.82) is 0 Å². The number of benzene rings is 3. The van der Waals surface area contributed by atoms with Gasteiger partial charge in [0.1, 0.15) is 6.04 Å². The minimum atomic E-state index is -0.976. The smallest absolute Gasteiger partial charge is 0.262 e. The molecule has 13 nitrogen and oxygen atoms in total. The Morgan fingerprint density at radius 2 is 1.53 bits per heavy atom. The van der Waals surface area contributed by atoms with Crippen LogP contribution in [0.2, 0.25) is 5.02 Å². The molecular weight excluding hydrogens is 756 g/mol. The van der Waals surface area contributed by atoms with E-state index in [1.165, 1.54) is 0 Å². The van der Waals surface area contributed by atoms with E-state index in [-0.39, 0.29) is 29.7 Å². The van der Waals surface area contributed by atoms with Crippen LogP contribution in [-0.2, 0) is 9.59 Å². The molecule has 0 aliphatic carbocycles. The van der Waals surface area contributed by atoms with Gasteiger partial charge < -0.3 is 19.6 Å². The van der Waals surface area contributed by atoms with Crippen molar-refractivity contribution in [2.45, 2.75) is 51.1 Å². The van der Waals surface area contributed by atoms with E-state index in [0.29, 0.717) is 41.3 Å². The number of imide groups is 2. The first-order valence-corrected chi connectivity index (χ1v) is 20.8. The molecule has 0 saturated carbocycles. The first kappa shape index (κ1) is 38.1. The lowest BCUT2D eigenvalue weighted by atomic mass is 9.76. The Morgan fingerprint density at radius 3 is 2.22 bits per heavy atom. The molecule has 5 amide bonds. The molecule has 14 heteroatoms. The van der Waals surface area contributed by atoms with Crippen LogP contribution in [0.1, 0.15) is 70.1 Å². The Morgan fingerprint density at radius 1 is 0.845 bits per heavy atom. The minimum absolute atomic E-state index is 0.0731. The van der Waals surface area contributed by atoms with E-state index in [4.69, 9.17) is 18.2 Å². The van der Waals surface area contributed by atoms with Crippen molar-refractivity contribution in [1.82, 2.24) is 20.0 Å². The van der Waals surface area contributed by atoms with Gasteiger partial charge in [0.05, 0.1) is 17.7 Å². The molecule has 1 N–H and O–H groups in total. The average Bonchev–Trinajstić information content (AvgIpc) is 3.66. The summed E-state index contributed by atoms with van der Waals surface area (Å²) in [5.41, 5.74) is 5.17. The van der Waals surface area contributed by atoms with Crippen molar-refractivity contribution in [3.63, 3.8) is 0 Å².